The molecule has 0 saturated carbocycles. The average Bonchev–Trinajstić information content (AvgIpc) is 2.98. The Labute approximate surface area is 109 Å². The van der Waals surface area contributed by atoms with Crippen molar-refractivity contribution in [3.8, 4) is 0 Å². The normalized spacial score (nSPS) is 22.1. The van der Waals surface area contributed by atoms with Crippen LogP contribution in [0.5, 0.6) is 0 Å². The first-order valence-corrected chi connectivity index (χ1v) is 7.23. The van der Waals surface area contributed by atoms with Gasteiger partial charge >= 0.3 is 0 Å². The Kier molecular flexibility index (Phi) is 3.07. The van der Waals surface area contributed by atoms with Gasteiger partial charge in [0, 0.05) is 10.6 Å². The molecule has 0 spiro atoms. The minimum absolute atomic E-state index is 0.0223. The van der Waals surface area contributed by atoms with Gasteiger partial charge in [0.1, 0.15) is 5.76 Å². The van der Waals surface area contributed by atoms with E-state index in [1.54, 1.807) is 0 Å². The second-order valence-electron chi connectivity index (χ2n) is 4.38. The van der Waals surface area contributed by atoms with E-state index in [1.807, 2.05) is 36.0 Å². The number of nitrogens with two attached hydrogens (primary N) is 1. The van der Waals surface area contributed by atoms with Crippen molar-refractivity contribution >= 4 is 34.3 Å². The van der Waals surface area contributed by atoms with Crippen molar-refractivity contribution in [1.29, 1.82) is 0 Å². The first kappa shape index (κ1) is 11.5. The first-order chi connectivity index (χ1) is 8.25. The van der Waals surface area contributed by atoms with E-state index in [2.05, 4.69) is 0 Å². The van der Waals surface area contributed by atoms with Gasteiger partial charge in [-0.05, 0) is 30.7 Å². The summed E-state index contributed by atoms with van der Waals surface area (Å²) in [6.07, 6.45) is 2.43. The van der Waals surface area contributed by atoms with Crippen LogP contribution in [0.4, 0.5) is 0 Å². The van der Waals surface area contributed by atoms with Crippen molar-refractivity contribution in [2.45, 2.75) is 24.1 Å². The second-order valence-corrected chi connectivity index (χ2v) is 6.14. The van der Waals surface area contributed by atoms with Crippen molar-refractivity contribution in [3.63, 3.8) is 0 Å². The minimum Gasteiger partial charge on any atom is -0.458 e. The van der Waals surface area contributed by atoms with Gasteiger partial charge in [0.25, 0.3) is 0 Å². The molecule has 2 atom stereocenters. The maximum absolute atomic E-state index is 6.26. The molecular formula is C13H14ClNOS. The number of fused-ring (bicyclic) bond motifs is 1. The van der Waals surface area contributed by atoms with Crippen LogP contribution in [0.25, 0.3) is 11.0 Å². The molecule has 2 aromatic rings. The quantitative estimate of drug-likeness (QED) is 0.894. The number of benzene rings is 1. The third-order valence-electron chi connectivity index (χ3n) is 3.21. The first-order valence-electron chi connectivity index (χ1n) is 5.81. The second kappa shape index (κ2) is 4.56. The molecule has 3 rings (SSSR count). The molecule has 2 unspecified atom stereocenters. The maximum Gasteiger partial charge on any atom is 0.152 e. The molecule has 1 saturated heterocycles. The molecule has 1 aliphatic heterocycles. The van der Waals surface area contributed by atoms with Gasteiger partial charge in [-0.2, -0.15) is 11.8 Å². The lowest BCUT2D eigenvalue weighted by molar-refractivity contribution is 0.481. The number of thioether (sulfide) groups is 1. The molecule has 1 aromatic carbocycles. The van der Waals surface area contributed by atoms with E-state index in [9.17, 15) is 0 Å². The lowest BCUT2D eigenvalue weighted by atomic mass is 10.1. The van der Waals surface area contributed by atoms with E-state index in [4.69, 9.17) is 21.8 Å². The molecule has 0 amide bonds. The van der Waals surface area contributed by atoms with Crippen LogP contribution in [-0.4, -0.2) is 11.0 Å². The Morgan fingerprint density at radius 2 is 2.35 bits per heavy atom. The molecule has 2 nitrogen and oxygen atoms in total. The summed E-state index contributed by atoms with van der Waals surface area (Å²) in [7, 11) is 0. The van der Waals surface area contributed by atoms with Gasteiger partial charge in [0.05, 0.1) is 11.1 Å². The highest BCUT2D eigenvalue weighted by Gasteiger charge is 2.26. The van der Waals surface area contributed by atoms with Crippen molar-refractivity contribution in [1.82, 2.24) is 0 Å². The SMILES string of the molecule is NC(c1cc2cccc(Cl)c2o1)C1CCCS1. The van der Waals surface area contributed by atoms with Crippen molar-refractivity contribution < 1.29 is 4.42 Å². The van der Waals surface area contributed by atoms with E-state index >= 15 is 0 Å². The number of hydrogen-bond acceptors (Lipinski definition) is 3. The lowest BCUT2D eigenvalue weighted by Crippen LogP contribution is -2.20. The predicted molar refractivity (Wildman–Crippen MR) is 73.6 cm³/mol. The molecule has 1 aromatic heterocycles. The lowest BCUT2D eigenvalue weighted by Gasteiger charge is -2.15. The molecule has 2 N–H and O–H groups in total. The molecular weight excluding hydrogens is 254 g/mol. The highest BCUT2D eigenvalue weighted by Crippen LogP contribution is 2.37. The molecule has 0 radical (unpaired) electrons. The Morgan fingerprint density at radius 3 is 3.06 bits per heavy atom. The summed E-state index contributed by atoms with van der Waals surface area (Å²) in [5, 5.41) is 2.17. The maximum atomic E-state index is 6.26. The molecule has 1 fully saturated rings. The Hall–Kier alpha value is -0.640. The highest BCUT2D eigenvalue weighted by atomic mass is 35.5. The van der Waals surface area contributed by atoms with Gasteiger partial charge < -0.3 is 10.2 Å². The Morgan fingerprint density at radius 1 is 1.47 bits per heavy atom. The van der Waals surface area contributed by atoms with Gasteiger partial charge in [-0.3, -0.25) is 0 Å². The molecule has 1 aliphatic rings. The van der Waals surface area contributed by atoms with Crippen LogP contribution >= 0.6 is 23.4 Å². The van der Waals surface area contributed by atoms with Crippen LogP contribution in [0, 0.1) is 0 Å². The Balaban J connectivity index is 1.97. The number of para-hydroxylation sites is 1. The summed E-state index contributed by atoms with van der Waals surface area (Å²) in [4.78, 5) is 0. The third kappa shape index (κ3) is 2.07. The van der Waals surface area contributed by atoms with E-state index in [-0.39, 0.29) is 6.04 Å². The summed E-state index contributed by atoms with van der Waals surface area (Å²) in [6.45, 7) is 0. The predicted octanol–water partition coefficient (Wildman–Crippen LogP) is 3.98. The van der Waals surface area contributed by atoms with E-state index < -0.39 is 0 Å². The van der Waals surface area contributed by atoms with Crippen LogP contribution in [-0.2, 0) is 0 Å². The van der Waals surface area contributed by atoms with E-state index in [0.29, 0.717) is 10.3 Å². The highest BCUT2D eigenvalue weighted by molar-refractivity contribution is 8.00. The fourth-order valence-corrected chi connectivity index (χ4v) is 3.81. The van der Waals surface area contributed by atoms with Crippen LogP contribution < -0.4 is 5.73 Å². The van der Waals surface area contributed by atoms with Gasteiger partial charge in [-0.15, -0.1) is 0 Å². The topological polar surface area (TPSA) is 39.2 Å². The number of halogens is 1. The summed E-state index contributed by atoms with van der Waals surface area (Å²) in [5.41, 5.74) is 7.01. The fourth-order valence-electron chi connectivity index (χ4n) is 2.28. The van der Waals surface area contributed by atoms with Gasteiger partial charge in [-0.1, -0.05) is 23.7 Å². The number of hydrogen-bond donors (Lipinski definition) is 1. The minimum atomic E-state index is -0.0223. The van der Waals surface area contributed by atoms with Gasteiger partial charge in [-0.25, -0.2) is 0 Å². The monoisotopic (exact) mass is 267 g/mol. The summed E-state index contributed by atoms with van der Waals surface area (Å²) in [6, 6.07) is 7.77. The number of furan rings is 1. The van der Waals surface area contributed by atoms with Crippen molar-refractivity contribution in [2.75, 3.05) is 5.75 Å². The van der Waals surface area contributed by atoms with E-state index in [0.717, 1.165) is 16.7 Å². The van der Waals surface area contributed by atoms with Crippen LogP contribution in [0.3, 0.4) is 0 Å². The largest absolute Gasteiger partial charge is 0.458 e. The van der Waals surface area contributed by atoms with Crippen LogP contribution in [0.15, 0.2) is 28.7 Å². The number of rotatable bonds is 2. The molecule has 0 bridgehead atoms. The third-order valence-corrected chi connectivity index (χ3v) is 4.99. The van der Waals surface area contributed by atoms with Gasteiger partial charge in [0.15, 0.2) is 5.58 Å². The smallest absolute Gasteiger partial charge is 0.152 e. The standard InChI is InChI=1S/C13H14ClNOS/c14-9-4-1-3-8-7-10(16-13(8)9)12(15)11-5-2-6-17-11/h1,3-4,7,11-12H,2,5-6,15H2. The van der Waals surface area contributed by atoms with Crippen LogP contribution in [0.1, 0.15) is 24.6 Å². The van der Waals surface area contributed by atoms with E-state index in [1.165, 1.54) is 18.6 Å². The van der Waals surface area contributed by atoms with Gasteiger partial charge in [0.2, 0.25) is 0 Å². The van der Waals surface area contributed by atoms with Crippen LogP contribution in [0.2, 0.25) is 5.02 Å². The molecule has 4 heteroatoms. The van der Waals surface area contributed by atoms with Crippen molar-refractivity contribution in [3.05, 3.63) is 35.0 Å². The molecule has 2 heterocycles. The Bertz CT molecular complexity index is 533. The summed E-state index contributed by atoms with van der Waals surface area (Å²) < 4.78 is 5.80. The zero-order valence-electron chi connectivity index (χ0n) is 9.36. The summed E-state index contributed by atoms with van der Waals surface area (Å²) in [5.74, 6) is 2.06. The fraction of sp³-hybridized carbons (Fsp3) is 0.385. The molecule has 90 valence electrons. The average molecular weight is 268 g/mol. The molecule has 17 heavy (non-hydrogen) atoms. The summed E-state index contributed by atoms with van der Waals surface area (Å²) >= 11 is 8.04. The van der Waals surface area contributed by atoms with Crippen molar-refractivity contribution in [2.24, 2.45) is 5.73 Å². The molecule has 0 aliphatic carbocycles. The zero-order valence-corrected chi connectivity index (χ0v) is 10.9. The zero-order chi connectivity index (χ0) is 11.8.